The summed E-state index contributed by atoms with van der Waals surface area (Å²) in [5.74, 6) is 0. The summed E-state index contributed by atoms with van der Waals surface area (Å²) < 4.78 is 9.40. The molecule has 0 aromatic carbocycles. The number of hydrogen-bond acceptors (Lipinski definition) is 12. The zero-order chi connectivity index (χ0) is 18.6. The molecular formula is C12H26N2O10. The minimum absolute atomic E-state index is 0.470. The lowest BCUT2D eigenvalue weighted by Gasteiger charge is -2.38. The molecule has 0 aromatic rings. The third kappa shape index (κ3) is 4.78. The lowest BCUT2D eigenvalue weighted by atomic mass is 9.98. The van der Waals surface area contributed by atoms with Crippen molar-refractivity contribution in [1.82, 2.24) is 0 Å². The Morgan fingerprint density at radius 3 is 1.12 bits per heavy atom. The van der Waals surface area contributed by atoms with Gasteiger partial charge >= 0.3 is 0 Å². The minimum Gasteiger partial charge on any atom is -0.394 e. The number of rotatable bonds is 2. The Kier molecular flexibility index (Phi) is 8.34. The Morgan fingerprint density at radius 2 is 0.875 bits per heavy atom. The molecule has 0 saturated carbocycles. The van der Waals surface area contributed by atoms with Gasteiger partial charge in [-0.3, -0.25) is 0 Å². The van der Waals surface area contributed by atoms with E-state index in [2.05, 4.69) is 0 Å². The third-order valence-corrected chi connectivity index (χ3v) is 3.90. The molecule has 0 aromatic heterocycles. The summed E-state index contributed by atoms with van der Waals surface area (Å²) in [5.41, 5.74) is 10.5. The monoisotopic (exact) mass is 358 g/mol. The maximum absolute atomic E-state index is 9.20. The van der Waals surface area contributed by atoms with E-state index in [4.69, 9.17) is 41.4 Å². The van der Waals surface area contributed by atoms with Gasteiger partial charge in [-0.05, 0) is 0 Å². The van der Waals surface area contributed by atoms with Gasteiger partial charge in [0.25, 0.3) is 0 Å². The molecule has 2 aliphatic rings. The van der Waals surface area contributed by atoms with E-state index < -0.39 is 74.5 Å². The first kappa shape index (κ1) is 21.6. The molecule has 2 unspecified atom stereocenters. The highest BCUT2D eigenvalue weighted by molar-refractivity contribution is 4.91. The summed E-state index contributed by atoms with van der Waals surface area (Å²) in [6, 6.07) is -2.08. The Morgan fingerprint density at radius 1 is 0.583 bits per heavy atom. The number of aliphatic hydroxyl groups is 8. The predicted molar refractivity (Wildman–Crippen MR) is 75.9 cm³/mol. The molecule has 12 N–H and O–H groups in total. The molecule has 0 amide bonds. The largest absolute Gasteiger partial charge is 0.394 e. The molecule has 24 heavy (non-hydrogen) atoms. The summed E-state index contributed by atoms with van der Waals surface area (Å²) in [5, 5.41) is 72.1. The minimum atomic E-state index is -1.35. The van der Waals surface area contributed by atoms with Crippen molar-refractivity contribution in [2.24, 2.45) is 11.5 Å². The van der Waals surface area contributed by atoms with Crippen LogP contribution < -0.4 is 11.5 Å². The van der Waals surface area contributed by atoms with Gasteiger partial charge < -0.3 is 61.8 Å². The van der Waals surface area contributed by atoms with Crippen LogP contribution in [0.4, 0.5) is 0 Å². The Bertz CT molecular complexity index is 334. The summed E-state index contributed by atoms with van der Waals surface area (Å²) in [7, 11) is 0. The van der Waals surface area contributed by atoms with E-state index in [1.165, 1.54) is 0 Å². The van der Waals surface area contributed by atoms with E-state index in [1.54, 1.807) is 0 Å². The molecule has 2 saturated heterocycles. The molecule has 10 atom stereocenters. The molecule has 0 bridgehead atoms. The maximum atomic E-state index is 9.20. The Hall–Kier alpha value is -0.480. The number of ether oxygens (including phenoxy) is 2. The van der Waals surface area contributed by atoms with Crippen LogP contribution >= 0.6 is 0 Å². The molecule has 2 aliphatic heterocycles. The molecule has 0 radical (unpaired) electrons. The van der Waals surface area contributed by atoms with Gasteiger partial charge in [0, 0.05) is 0 Å². The number of nitrogens with two attached hydrogens (primary N) is 2. The number of hydrogen-bond donors (Lipinski definition) is 10. The van der Waals surface area contributed by atoms with E-state index in [0.29, 0.717) is 0 Å². The lowest BCUT2D eigenvalue weighted by Crippen LogP contribution is -2.61. The molecule has 2 rings (SSSR count). The third-order valence-electron chi connectivity index (χ3n) is 3.90. The zero-order valence-electron chi connectivity index (χ0n) is 12.7. The molecule has 12 heteroatoms. The fourth-order valence-electron chi connectivity index (χ4n) is 2.24. The topological polar surface area (TPSA) is 232 Å². The molecular weight excluding hydrogens is 332 g/mol. The SMILES string of the molecule is N[C@@H]1C(O)O[C@H](CO)[C@@H](O)[C@@H]1O.N[C@@H]1C(O)O[C@H](CO)[C@@H](O)[C@@H]1O. The van der Waals surface area contributed by atoms with Crippen LogP contribution in [0.25, 0.3) is 0 Å². The van der Waals surface area contributed by atoms with Gasteiger partial charge in [0.1, 0.15) is 36.6 Å². The van der Waals surface area contributed by atoms with Crippen LogP contribution in [-0.4, -0.2) is 115 Å². The smallest absolute Gasteiger partial charge is 0.173 e. The van der Waals surface area contributed by atoms with Crippen LogP contribution in [-0.2, 0) is 9.47 Å². The first-order valence-corrected chi connectivity index (χ1v) is 7.27. The second-order valence-corrected chi connectivity index (χ2v) is 5.61. The van der Waals surface area contributed by atoms with Gasteiger partial charge in [-0.1, -0.05) is 0 Å². The highest BCUT2D eigenvalue weighted by Crippen LogP contribution is 2.18. The summed E-state index contributed by atoms with van der Waals surface area (Å²) in [4.78, 5) is 0. The van der Waals surface area contributed by atoms with Crippen LogP contribution in [0, 0.1) is 0 Å². The van der Waals surface area contributed by atoms with Crippen molar-refractivity contribution < 1.29 is 50.3 Å². The number of aliphatic hydroxyl groups excluding tert-OH is 8. The zero-order valence-corrected chi connectivity index (χ0v) is 12.7. The van der Waals surface area contributed by atoms with Crippen molar-refractivity contribution in [2.45, 2.75) is 61.3 Å². The van der Waals surface area contributed by atoms with Crippen LogP contribution in [0.5, 0.6) is 0 Å². The molecule has 12 nitrogen and oxygen atoms in total. The molecule has 0 spiro atoms. The first-order chi connectivity index (χ1) is 11.1. The average Bonchev–Trinajstić information content (AvgIpc) is 2.58. The molecule has 2 heterocycles. The standard InChI is InChI=1S/2C6H13NO5/c2*7-3-5(10)4(9)2(1-8)12-6(3)11/h2*2-6,8-11H,1,7H2/t2*2-,3+,4-,5-,6?/m11/s1. The molecule has 0 aliphatic carbocycles. The van der Waals surface area contributed by atoms with Gasteiger partial charge in [-0.15, -0.1) is 0 Å². The van der Waals surface area contributed by atoms with E-state index in [9.17, 15) is 20.4 Å². The van der Waals surface area contributed by atoms with Crippen molar-refractivity contribution in [3.63, 3.8) is 0 Å². The van der Waals surface area contributed by atoms with E-state index in [-0.39, 0.29) is 0 Å². The van der Waals surface area contributed by atoms with E-state index in [0.717, 1.165) is 0 Å². The Labute approximate surface area is 137 Å². The van der Waals surface area contributed by atoms with Gasteiger partial charge in [0.2, 0.25) is 0 Å². The summed E-state index contributed by atoms with van der Waals surface area (Å²) in [6.45, 7) is -0.940. The fourth-order valence-corrected chi connectivity index (χ4v) is 2.24. The van der Waals surface area contributed by atoms with Crippen molar-refractivity contribution in [2.75, 3.05) is 13.2 Å². The highest BCUT2D eigenvalue weighted by Gasteiger charge is 2.42. The van der Waals surface area contributed by atoms with Crippen LogP contribution in [0.15, 0.2) is 0 Å². The predicted octanol–water partition coefficient (Wildman–Crippen LogP) is -6.51. The van der Waals surface area contributed by atoms with Crippen molar-refractivity contribution in [1.29, 1.82) is 0 Å². The Balaban J connectivity index is 0.000000240. The lowest BCUT2D eigenvalue weighted by molar-refractivity contribution is -0.248. The normalized spacial score (nSPS) is 49.2. The molecule has 2 fully saturated rings. The van der Waals surface area contributed by atoms with E-state index >= 15 is 0 Å². The van der Waals surface area contributed by atoms with Gasteiger partial charge in [0.05, 0.1) is 25.3 Å². The highest BCUT2D eigenvalue weighted by atomic mass is 16.6. The van der Waals surface area contributed by atoms with Crippen molar-refractivity contribution >= 4 is 0 Å². The quantitative estimate of drug-likeness (QED) is 0.222. The first-order valence-electron chi connectivity index (χ1n) is 7.27. The van der Waals surface area contributed by atoms with Gasteiger partial charge in [-0.2, -0.15) is 0 Å². The van der Waals surface area contributed by atoms with Gasteiger partial charge in [0.15, 0.2) is 12.6 Å². The maximum Gasteiger partial charge on any atom is 0.173 e. The molecule has 144 valence electrons. The van der Waals surface area contributed by atoms with E-state index in [1.807, 2.05) is 0 Å². The van der Waals surface area contributed by atoms with Crippen molar-refractivity contribution in [3.8, 4) is 0 Å². The fraction of sp³-hybridized carbons (Fsp3) is 1.00. The second-order valence-electron chi connectivity index (χ2n) is 5.61. The van der Waals surface area contributed by atoms with Crippen LogP contribution in [0.1, 0.15) is 0 Å². The second kappa shape index (κ2) is 9.28. The average molecular weight is 358 g/mol. The summed E-state index contributed by atoms with van der Waals surface area (Å²) >= 11 is 0. The van der Waals surface area contributed by atoms with Crippen molar-refractivity contribution in [3.05, 3.63) is 0 Å². The van der Waals surface area contributed by atoms with Crippen LogP contribution in [0.3, 0.4) is 0 Å². The van der Waals surface area contributed by atoms with Gasteiger partial charge in [-0.25, -0.2) is 0 Å². The summed E-state index contributed by atoms with van der Waals surface area (Å²) in [6.07, 6.45) is -9.70. The van der Waals surface area contributed by atoms with Crippen LogP contribution in [0.2, 0.25) is 0 Å².